The Bertz CT molecular complexity index is 639. The van der Waals surface area contributed by atoms with Crippen LogP contribution < -0.4 is 15.2 Å². The van der Waals surface area contributed by atoms with Crippen molar-refractivity contribution < 1.29 is 19.0 Å². The summed E-state index contributed by atoms with van der Waals surface area (Å²) < 4.78 is 25.4. The van der Waals surface area contributed by atoms with Crippen LogP contribution in [0.3, 0.4) is 0 Å². The Morgan fingerprint density at radius 3 is 2.94 bits per heavy atom. The highest BCUT2D eigenvalue weighted by Crippen LogP contribution is 2.49. The number of phenols is 1. The van der Waals surface area contributed by atoms with Crippen LogP contribution in [0.2, 0.25) is 0 Å². The average Bonchev–Trinajstić information content (AvgIpc) is 2.91. The van der Waals surface area contributed by atoms with Gasteiger partial charge in [-0.3, -0.25) is 4.68 Å². The molecule has 0 unspecified atom stereocenters. The molecule has 0 spiro atoms. The van der Waals surface area contributed by atoms with Crippen molar-refractivity contribution in [1.82, 2.24) is 9.78 Å². The van der Waals surface area contributed by atoms with Crippen molar-refractivity contribution in [3.63, 3.8) is 0 Å². The second kappa shape index (κ2) is 3.52. The number of hydrogen-bond acceptors (Lipinski definition) is 5. The number of ether oxygens (including phenoxy) is 2. The molecular formula is C11H10FN3O3. The van der Waals surface area contributed by atoms with E-state index in [4.69, 9.17) is 15.2 Å². The van der Waals surface area contributed by atoms with E-state index in [1.165, 1.54) is 10.9 Å². The standard InChI is InChI=1S/C11H10FN3O3/c1-15-11(13)5(3-14-15)8-9(16)6(12)2-7-10(8)18-4-17-7/h2-3,16H,4,13H2,1H3. The molecule has 3 rings (SSSR count). The molecule has 0 radical (unpaired) electrons. The third kappa shape index (κ3) is 1.30. The van der Waals surface area contributed by atoms with E-state index in [0.717, 1.165) is 6.07 Å². The maximum absolute atomic E-state index is 13.6. The lowest BCUT2D eigenvalue weighted by atomic mass is 10.1. The Morgan fingerprint density at radius 2 is 2.28 bits per heavy atom. The van der Waals surface area contributed by atoms with E-state index in [2.05, 4.69) is 5.10 Å². The first-order chi connectivity index (χ1) is 8.59. The second-order valence-corrected chi connectivity index (χ2v) is 3.88. The maximum atomic E-state index is 13.6. The van der Waals surface area contributed by atoms with Gasteiger partial charge in [0.05, 0.1) is 17.3 Å². The van der Waals surface area contributed by atoms with E-state index in [9.17, 15) is 9.50 Å². The zero-order chi connectivity index (χ0) is 12.9. The summed E-state index contributed by atoms with van der Waals surface area (Å²) in [7, 11) is 1.65. The molecule has 18 heavy (non-hydrogen) atoms. The summed E-state index contributed by atoms with van der Waals surface area (Å²) in [4.78, 5) is 0. The first-order valence-corrected chi connectivity index (χ1v) is 5.18. The molecule has 0 fully saturated rings. The fourth-order valence-electron chi connectivity index (χ4n) is 1.89. The molecule has 0 amide bonds. The fourth-order valence-corrected chi connectivity index (χ4v) is 1.89. The Labute approximate surface area is 101 Å². The predicted molar refractivity (Wildman–Crippen MR) is 60.8 cm³/mol. The molecular weight excluding hydrogens is 241 g/mol. The lowest BCUT2D eigenvalue weighted by Crippen LogP contribution is -1.99. The predicted octanol–water partition coefficient (Wildman–Crippen LogP) is 1.24. The van der Waals surface area contributed by atoms with Crippen molar-refractivity contribution in [1.29, 1.82) is 0 Å². The van der Waals surface area contributed by atoms with Gasteiger partial charge in [0.2, 0.25) is 6.79 Å². The Kier molecular flexibility index (Phi) is 2.09. The average molecular weight is 251 g/mol. The molecule has 0 atom stereocenters. The summed E-state index contributed by atoms with van der Waals surface area (Å²) in [6.45, 7) is -0.0224. The number of benzene rings is 1. The molecule has 1 aromatic heterocycles. The van der Waals surface area contributed by atoms with Gasteiger partial charge in [0.25, 0.3) is 0 Å². The lowest BCUT2D eigenvalue weighted by Gasteiger charge is -2.08. The first-order valence-electron chi connectivity index (χ1n) is 5.18. The minimum Gasteiger partial charge on any atom is -0.504 e. The zero-order valence-corrected chi connectivity index (χ0v) is 9.48. The van der Waals surface area contributed by atoms with Crippen LogP contribution in [-0.4, -0.2) is 21.7 Å². The van der Waals surface area contributed by atoms with Gasteiger partial charge in [0, 0.05) is 13.1 Å². The number of nitrogens with two attached hydrogens (primary N) is 1. The molecule has 0 saturated carbocycles. The molecule has 7 heteroatoms. The Hall–Kier alpha value is -2.44. The van der Waals surface area contributed by atoms with Crippen LogP contribution in [0.25, 0.3) is 11.1 Å². The van der Waals surface area contributed by atoms with E-state index < -0.39 is 11.6 Å². The third-order valence-corrected chi connectivity index (χ3v) is 2.84. The lowest BCUT2D eigenvalue weighted by molar-refractivity contribution is 0.174. The molecule has 0 saturated heterocycles. The first kappa shape index (κ1) is 10.7. The number of aromatic nitrogens is 2. The topological polar surface area (TPSA) is 82.5 Å². The Balaban J connectivity index is 2.32. The van der Waals surface area contributed by atoms with Crippen LogP contribution in [0, 0.1) is 5.82 Å². The van der Waals surface area contributed by atoms with E-state index in [1.807, 2.05) is 0 Å². The molecule has 3 N–H and O–H groups in total. The van der Waals surface area contributed by atoms with E-state index in [0.29, 0.717) is 11.4 Å². The number of nitrogens with zero attached hydrogens (tertiary/aromatic N) is 2. The van der Waals surface area contributed by atoms with Crippen molar-refractivity contribution in [3.05, 3.63) is 18.1 Å². The van der Waals surface area contributed by atoms with Gasteiger partial charge in [-0.1, -0.05) is 0 Å². The summed E-state index contributed by atoms with van der Waals surface area (Å²) in [6, 6.07) is 1.08. The molecule has 0 bridgehead atoms. The molecule has 2 aromatic rings. The van der Waals surface area contributed by atoms with Crippen molar-refractivity contribution in [3.8, 4) is 28.4 Å². The summed E-state index contributed by atoms with van der Waals surface area (Å²) >= 11 is 0. The van der Waals surface area contributed by atoms with Crippen LogP contribution >= 0.6 is 0 Å². The van der Waals surface area contributed by atoms with Gasteiger partial charge in [-0.2, -0.15) is 5.10 Å². The number of aromatic hydroxyl groups is 1. The fraction of sp³-hybridized carbons (Fsp3) is 0.182. The highest BCUT2D eigenvalue weighted by molar-refractivity contribution is 5.85. The van der Waals surface area contributed by atoms with Gasteiger partial charge in [-0.05, 0) is 0 Å². The quantitative estimate of drug-likeness (QED) is 0.796. The smallest absolute Gasteiger partial charge is 0.231 e. The van der Waals surface area contributed by atoms with Crippen LogP contribution in [0.1, 0.15) is 0 Å². The van der Waals surface area contributed by atoms with Gasteiger partial charge in [0.1, 0.15) is 5.82 Å². The number of fused-ring (bicyclic) bond motifs is 1. The molecule has 0 aliphatic carbocycles. The van der Waals surface area contributed by atoms with Crippen molar-refractivity contribution in [2.24, 2.45) is 7.05 Å². The highest BCUT2D eigenvalue weighted by Gasteiger charge is 2.27. The minimum absolute atomic E-state index is 0.0224. The monoisotopic (exact) mass is 251 g/mol. The number of nitrogen functional groups attached to an aromatic ring is 1. The third-order valence-electron chi connectivity index (χ3n) is 2.84. The van der Waals surface area contributed by atoms with Gasteiger partial charge in [-0.15, -0.1) is 0 Å². The van der Waals surface area contributed by atoms with Crippen LogP contribution in [0.4, 0.5) is 10.2 Å². The van der Waals surface area contributed by atoms with Gasteiger partial charge in [-0.25, -0.2) is 4.39 Å². The normalized spacial score (nSPS) is 13.0. The molecule has 1 aliphatic rings. The van der Waals surface area contributed by atoms with Crippen molar-refractivity contribution in [2.75, 3.05) is 12.5 Å². The molecule has 94 valence electrons. The highest BCUT2D eigenvalue weighted by atomic mass is 19.1. The SMILES string of the molecule is Cn1ncc(-c2c(O)c(F)cc3c2OCO3)c1N. The van der Waals surface area contributed by atoms with Crippen molar-refractivity contribution >= 4 is 5.82 Å². The summed E-state index contributed by atoms with van der Waals surface area (Å²) in [5.74, 6) is -0.512. The maximum Gasteiger partial charge on any atom is 0.231 e. The Morgan fingerprint density at radius 1 is 1.50 bits per heavy atom. The van der Waals surface area contributed by atoms with Crippen LogP contribution in [0.5, 0.6) is 17.2 Å². The van der Waals surface area contributed by atoms with Gasteiger partial charge in [0.15, 0.2) is 23.1 Å². The number of hydrogen-bond donors (Lipinski definition) is 2. The molecule has 1 aliphatic heterocycles. The van der Waals surface area contributed by atoms with E-state index in [-0.39, 0.29) is 23.9 Å². The number of aryl methyl sites for hydroxylation is 1. The number of anilines is 1. The molecule has 2 heterocycles. The van der Waals surface area contributed by atoms with Gasteiger partial charge < -0.3 is 20.3 Å². The second-order valence-electron chi connectivity index (χ2n) is 3.88. The van der Waals surface area contributed by atoms with Gasteiger partial charge >= 0.3 is 0 Å². The van der Waals surface area contributed by atoms with E-state index >= 15 is 0 Å². The molecule has 6 nitrogen and oxygen atoms in total. The summed E-state index contributed by atoms with van der Waals surface area (Å²) in [5.41, 5.74) is 6.38. The number of phenolic OH excluding ortho intramolecular Hbond substituents is 1. The largest absolute Gasteiger partial charge is 0.504 e. The van der Waals surface area contributed by atoms with Crippen molar-refractivity contribution in [2.45, 2.75) is 0 Å². The minimum atomic E-state index is -0.794. The van der Waals surface area contributed by atoms with E-state index in [1.54, 1.807) is 7.05 Å². The summed E-state index contributed by atoms with van der Waals surface area (Å²) in [5, 5.41) is 13.8. The summed E-state index contributed by atoms with van der Waals surface area (Å²) in [6.07, 6.45) is 1.44. The number of halogens is 1. The van der Waals surface area contributed by atoms with Crippen LogP contribution in [0.15, 0.2) is 12.3 Å². The molecule has 1 aromatic carbocycles. The number of rotatable bonds is 1. The van der Waals surface area contributed by atoms with Crippen LogP contribution in [-0.2, 0) is 7.05 Å². The zero-order valence-electron chi connectivity index (χ0n) is 9.48.